The number of ether oxygens (including phenoxy) is 1. The molecule has 1 aromatic heterocycles. The minimum Gasteiger partial charge on any atom is -0.480 e. The van der Waals surface area contributed by atoms with E-state index in [1.807, 2.05) is 0 Å². The van der Waals surface area contributed by atoms with Crippen LogP contribution in [0.25, 0.3) is 0 Å². The van der Waals surface area contributed by atoms with Gasteiger partial charge in [0.15, 0.2) is 0 Å². The quantitative estimate of drug-likeness (QED) is 0.797. The summed E-state index contributed by atoms with van der Waals surface area (Å²) >= 11 is 0. The molecule has 0 fully saturated rings. The molecule has 1 heterocycles. The van der Waals surface area contributed by atoms with Gasteiger partial charge in [0.05, 0.1) is 7.11 Å². The molecular formula is C12H17NO7S. The molecule has 118 valence electrons. The van der Waals surface area contributed by atoms with Crippen LogP contribution in [0.15, 0.2) is 9.31 Å². The number of carbonyl (C=O) groups excluding carboxylic acids is 1. The molecule has 1 atom stereocenters. The second-order valence-corrected chi connectivity index (χ2v) is 6.38. The summed E-state index contributed by atoms with van der Waals surface area (Å²) in [6, 6.07) is -1.30. The molecule has 0 bridgehead atoms. The summed E-state index contributed by atoms with van der Waals surface area (Å²) in [5.74, 6) is -2.08. The predicted octanol–water partition coefficient (Wildman–Crippen LogP) is 0.777. The van der Waals surface area contributed by atoms with Crippen LogP contribution >= 0.6 is 0 Å². The molecule has 0 aliphatic carbocycles. The number of sulfonamides is 1. The van der Waals surface area contributed by atoms with Crippen LogP contribution in [0.2, 0.25) is 0 Å². The molecule has 1 rings (SSSR count). The Kier molecular flexibility index (Phi) is 4.79. The topological polar surface area (TPSA) is 114 Å². The van der Waals surface area contributed by atoms with Gasteiger partial charge in [-0.1, -0.05) is 0 Å². The van der Waals surface area contributed by atoms with Crippen molar-refractivity contribution in [3.8, 4) is 0 Å². The number of hydrogen-bond acceptors (Lipinski definition) is 6. The van der Waals surface area contributed by atoms with Gasteiger partial charge in [-0.2, -0.15) is 4.31 Å². The first-order valence-corrected chi connectivity index (χ1v) is 7.38. The highest BCUT2D eigenvalue weighted by Gasteiger charge is 2.37. The lowest BCUT2D eigenvalue weighted by Crippen LogP contribution is -2.40. The fraction of sp³-hybridized carbons (Fsp3) is 0.500. The summed E-state index contributed by atoms with van der Waals surface area (Å²) in [6.45, 7) is 4.03. The van der Waals surface area contributed by atoms with Gasteiger partial charge in [0.2, 0.25) is 10.0 Å². The van der Waals surface area contributed by atoms with Crippen LogP contribution in [0.3, 0.4) is 0 Å². The van der Waals surface area contributed by atoms with Gasteiger partial charge in [0.25, 0.3) is 0 Å². The Hall–Kier alpha value is -1.87. The Morgan fingerprint density at radius 2 is 1.81 bits per heavy atom. The monoisotopic (exact) mass is 319 g/mol. The van der Waals surface area contributed by atoms with E-state index in [0.717, 1.165) is 14.2 Å². The van der Waals surface area contributed by atoms with E-state index in [-0.39, 0.29) is 22.0 Å². The molecule has 0 aromatic carbocycles. The number of furan rings is 1. The molecule has 8 nitrogen and oxygen atoms in total. The molecule has 0 aliphatic heterocycles. The third kappa shape index (κ3) is 2.93. The number of carboxylic acids is 1. The number of hydrogen-bond donors (Lipinski definition) is 1. The van der Waals surface area contributed by atoms with Crippen LogP contribution in [0.5, 0.6) is 0 Å². The summed E-state index contributed by atoms with van der Waals surface area (Å²) in [7, 11) is -1.98. The number of likely N-dealkylation sites (N-methyl/N-ethyl adjacent to an activating group) is 1. The van der Waals surface area contributed by atoms with Gasteiger partial charge >= 0.3 is 11.9 Å². The van der Waals surface area contributed by atoms with Crippen molar-refractivity contribution >= 4 is 22.0 Å². The smallest absolute Gasteiger partial charge is 0.342 e. The average molecular weight is 319 g/mol. The summed E-state index contributed by atoms with van der Waals surface area (Å²) in [5, 5.41) is 8.94. The van der Waals surface area contributed by atoms with Crippen molar-refractivity contribution in [2.45, 2.75) is 31.7 Å². The molecule has 0 aliphatic rings. The maximum absolute atomic E-state index is 12.5. The molecular weight excluding hydrogens is 302 g/mol. The van der Waals surface area contributed by atoms with Crippen molar-refractivity contribution in [2.75, 3.05) is 14.2 Å². The van der Waals surface area contributed by atoms with Crippen LogP contribution in [0.4, 0.5) is 0 Å². The molecule has 1 aromatic rings. The minimum absolute atomic E-state index is 0.00246. The number of esters is 1. The number of aryl methyl sites for hydroxylation is 2. The van der Waals surface area contributed by atoms with E-state index in [2.05, 4.69) is 4.74 Å². The summed E-state index contributed by atoms with van der Waals surface area (Å²) in [5.41, 5.74) is -0.223. The van der Waals surface area contributed by atoms with Crippen LogP contribution in [-0.4, -0.2) is 50.0 Å². The molecule has 0 radical (unpaired) electrons. The molecule has 0 saturated carbocycles. The van der Waals surface area contributed by atoms with Crippen molar-refractivity contribution in [1.29, 1.82) is 0 Å². The van der Waals surface area contributed by atoms with E-state index in [0.29, 0.717) is 4.31 Å². The highest BCUT2D eigenvalue weighted by atomic mass is 32.2. The predicted molar refractivity (Wildman–Crippen MR) is 71.6 cm³/mol. The average Bonchev–Trinajstić information content (AvgIpc) is 2.71. The van der Waals surface area contributed by atoms with Crippen molar-refractivity contribution in [3.05, 3.63) is 17.1 Å². The zero-order chi connectivity index (χ0) is 16.5. The lowest BCUT2D eigenvalue weighted by Gasteiger charge is -2.21. The first kappa shape index (κ1) is 17.2. The molecule has 0 amide bonds. The molecule has 9 heteroatoms. The molecule has 0 saturated heterocycles. The molecule has 1 N–H and O–H groups in total. The Bertz CT molecular complexity index is 674. The largest absolute Gasteiger partial charge is 0.480 e. The lowest BCUT2D eigenvalue weighted by atomic mass is 10.2. The van der Waals surface area contributed by atoms with Crippen LogP contribution < -0.4 is 0 Å². The molecule has 21 heavy (non-hydrogen) atoms. The minimum atomic E-state index is -4.22. The van der Waals surface area contributed by atoms with E-state index < -0.39 is 28.0 Å². The van der Waals surface area contributed by atoms with Gasteiger partial charge in [-0.3, -0.25) is 4.79 Å². The van der Waals surface area contributed by atoms with Gasteiger partial charge in [-0.25, -0.2) is 13.2 Å². The Morgan fingerprint density at radius 1 is 1.29 bits per heavy atom. The number of nitrogens with zero attached hydrogens (tertiary/aromatic N) is 1. The number of aliphatic carboxylic acids is 1. The first-order valence-electron chi connectivity index (χ1n) is 5.94. The number of methoxy groups -OCH3 is 1. The standard InChI is InChI=1S/C12H17NO7S/c1-6(11(14)15)13(4)21(17,18)10-8(3)20-7(2)9(10)12(16)19-5/h6H,1-5H3,(H,14,15). The first-order chi connectivity index (χ1) is 9.55. The summed E-state index contributed by atoms with van der Waals surface area (Å²) in [4.78, 5) is 22.3. The number of rotatable bonds is 5. The van der Waals surface area contributed by atoms with Gasteiger partial charge in [-0.05, 0) is 20.8 Å². The van der Waals surface area contributed by atoms with Crippen LogP contribution in [-0.2, 0) is 19.6 Å². The third-order valence-electron chi connectivity index (χ3n) is 3.13. The fourth-order valence-corrected chi connectivity index (χ4v) is 3.50. The SMILES string of the molecule is COC(=O)c1c(C)oc(C)c1S(=O)(=O)N(C)C(C)C(=O)O. The Labute approximate surface area is 122 Å². The zero-order valence-corrected chi connectivity index (χ0v) is 13.1. The third-order valence-corrected chi connectivity index (χ3v) is 5.22. The van der Waals surface area contributed by atoms with Gasteiger partial charge in [0, 0.05) is 7.05 Å². The summed E-state index contributed by atoms with van der Waals surface area (Å²) < 4.78 is 35.5. The fourth-order valence-electron chi connectivity index (χ4n) is 1.82. The second-order valence-electron chi connectivity index (χ2n) is 4.45. The van der Waals surface area contributed by atoms with Gasteiger partial charge in [0.1, 0.15) is 28.0 Å². The van der Waals surface area contributed by atoms with E-state index >= 15 is 0 Å². The van der Waals surface area contributed by atoms with E-state index in [1.165, 1.54) is 20.8 Å². The molecule has 1 unspecified atom stereocenters. The Morgan fingerprint density at radius 3 is 2.24 bits per heavy atom. The normalized spacial score (nSPS) is 13.2. The van der Waals surface area contributed by atoms with Crippen LogP contribution in [0, 0.1) is 13.8 Å². The maximum atomic E-state index is 12.5. The van der Waals surface area contributed by atoms with Crippen molar-refractivity contribution in [1.82, 2.24) is 4.31 Å². The van der Waals surface area contributed by atoms with Crippen molar-refractivity contribution in [3.63, 3.8) is 0 Å². The van der Waals surface area contributed by atoms with E-state index in [1.54, 1.807) is 0 Å². The van der Waals surface area contributed by atoms with Crippen LogP contribution in [0.1, 0.15) is 28.8 Å². The maximum Gasteiger partial charge on any atom is 0.342 e. The highest BCUT2D eigenvalue weighted by Crippen LogP contribution is 2.30. The van der Waals surface area contributed by atoms with Gasteiger partial charge in [-0.15, -0.1) is 0 Å². The van der Waals surface area contributed by atoms with Gasteiger partial charge < -0.3 is 14.3 Å². The van der Waals surface area contributed by atoms with Crippen molar-refractivity contribution < 1.29 is 32.3 Å². The Balaban J connectivity index is 3.52. The number of carbonyl (C=O) groups is 2. The highest BCUT2D eigenvalue weighted by molar-refractivity contribution is 7.89. The van der Waals surface area contributed by atoms with Crippen molar-refractivity contribution in [2.24, 2.45) is 0 Å². The molecule has 0 spiro atoms. The van der Waals surface area contributed by atoms with E-state index in [4.69, 9.17) is 9.52 Å². The number of carboxylic acid groups (broad SMARTS) is 1. The second kappa shape index (κ2) is 5.86. The zero-order valence-electron chi connectivity index (χ0n) is 12.3. The summed E-state index contributed by atoms with van der Waals surface area (Å²) in [6.07, 6.45) is 0. The van der Waals surface area contributed by atoms with E-state index in [9.17, 15) is 18.0 Å². The lowest BCUT2D eigenvalue weighted by molar-refractivity contribution is -0.140.